The summed E-state index contributed by atoms with van der Waals surface area (Å²) in [5, 5.41) is 0.135. The van der Waals surface area contributed by atoms with Gasteiger partial charge in [-0.1, -0.05) is 28.1 Å². The summed E-state index contributed by atoms with van der Waals surface area (Å²) >= 11 is 5.85. The maximum Gasteiger partial charge on any atom is 0.446 e. The zero-order chi connectivity index (χ0) is 13.1. The Morgan fingerprint density at radius 1 is 1.35 bits per heavy atom. The van der Waals surface area contributed by atoms with Crippen LogP contribution in [0.2, 0.25) is 0 Å². The summed E-state index contributed by atoms with van der Waals surface area (Å²) < 4.78 is 37.5. The molecule has 0 bridgehead atoms. The van der Waals surface area contributed by atoms with Crippen molar-refractivity contribution in [2.45, 2.75) is 16.8 Å². The van der Waals surface area contributed by atoms with Crippen molar-refractivity contribution in [3.8, 4) is 0 Å². The van der Waals surface area contributed by atoms with Gasteiger partial charge in [0.25, 0.3) is 0 Å². The van der Waals surface area contributed by atoms with E-state index in [0.717, 1.165) is 0 Å². The van der Waals surface area contributed by atoms with Gasteiger partial charge in [0.15, 0.2) is 0 Å². The van der Waals surface area contributed by atoms with Crippen LogP contribution in [0.15, 0.2) is 27.6 Å². The molecule has 0 spiro atoms. The third kappa shape index (κ3) is 5.01. The van der Waals surface area contributed by atoms with Gasteiger partial charge < -0.3 is 0 Å². The van der Waals surface area contributed by atoms with E-state index in [1.165, 1.54) is 12.1 Å². The van der Waals surface area contributed by atoms with Crippen LogP contribution in [0.1, 0.15) is 5.56 Å². The molecule has 1 nitrogen and oxygen atoms in total. The first-order valence-electron chi connectivity index (χ1n) is 4.44. The number of alkyl halides is 4. The fourth-order valence-electron chi connectivity index (χ4n) is 1.18. The molecule has 0 fully saturated rings. The van der Waals surface area contributed by atoms with Crippen molar-refractivity contribution < 1.29 is 18.0 Å². The van der Waals surface area contributed by atoms with E-state index in [2.05, 4.69) is 31.9 Å². The van der Waals surface area contributed by atoms with E-state index in [1.54, 1.807) is 6.07 Å². The Labute approximate surface area is 117 Å². The van der Waals surface area contributed by atoms with Crippen LogP contribution in [0.4, 0.5) is 13.2 Å². The van der Waals surface area contributed by atoms with Crippen LogP contribution >= 0.6 is 43.6 Å². The number of benzene rings is 1. The van der Waals surface area contributed by atoms with Gasteiger partial charge in [0.1, 0.15) is 5.78 Å². The van der Waals surface area contributed by atoms with Gasteiger partial charge in [0, 0.05) is 15.8 Å². The van der Waals surface area contributed by atoms with Crippen LogP contribution in [-0.4, -0.2) is 16.6 Å². The quantitative estimate of drug-likeness (QED) is 0.552. The predicted octanol–water partition coefficient (Wildman–Crippen LogP) is 4.57. The molecule has 0 heterocycles. The first-order chi connectivity index (χ1) is 7.83. The van der Waals surface area contributed by atoms with Crippen LogP contribution in [0.3, 0.4) is 0 Å². The molecule has 1 aromatic rings. The van der Waals surface area contributed by atoms with Crippen molar-refractivity contribution in [3.05, 3.63) is 28.2 Å². The van der Waals surface area contributed by atoms with Crippen molar-refractivity contribution in [1.82, 2.24) is 0 Å². The minimum Gasteiger partial charge on any atom is -0.298 e. The highest BCUT2D eigenvalue weighted by molar-refractivity contribution is 9.10. The molecule has 0 aliphatic rings. The first-order valence-corrected chi connectivity index (χ1v) is 7.17. The molecule has 0 aliphatic heterocycles. The second-order valence-electron chi connectivity index (χ2n) is 3.12. The van der Waals surface area contributed by atoms with E-state index in [-0.39, 0.29) is 34.2 Å². The molecule has 17 heavy (non-hydrogen) atoms. The molecule has 1 rings (SSSR count). The lowest BCUT2D eigenvalue weighted by Crippen LogP contribution is -2.07. The van der Waals surface area contributed by atoms with Gasteiger partial charge >= 0.3 is 5.51 Å². The standard InChI is InChI=1S/C10H7Br2F3OS/c11-5-7(16)4-6-2-1-3-8(12)9(6)17-10(13,14)15/h1-3H,4-5H2. The van der Waals surface area contributed by atoms with E-state index in [9.17, 15) is 18.0 Å². The SMILES string of the molecule is O=C(CBr)Cc1cccc(Br)c1SC(F)(F)F. The predicted molar refractivity (Wildman–Crippen MR) is 68.6 cm³/mol. The van der Waals surface area contributed by atoms with Crippen LogP contribution < -0.4 is 0 Å². The van der Waals surface area contributed by atoms with E-state index in [1.807, 2.05) is 0 Å². The van der Waals surface area contributed by atoms with Gasteiger partial charge in [-0.2, -0.15) is 13.2 Å². The molecular formula is C10H7Br2F3OS. The minimum absolute atomic E-state index is 0.0108. The molecule has 0 aromatic heterocycles. The van der Waals surface area contributed by atoms with Crippen LogP contribution in [0.25, 0.3) is 0 Å². The Morgan fingerprint density at radius 3 is 2.53 bits per heavy atom. The summed E-state index contributed by atoms with van der Waals surface area (Å²) in [5.74, 6) is -0.160. The summed E-state index contributed by atoms with van der Waals surface area (Å²) in [6, 6.07) is 4.66. The van der Waals surface area contributed by atoms with Gasteiger partial charge in [-0.3, -0.25) is 4.79 Å². The molecular weight excluding hydrogens is 385 g/mol. The summed E-state index contributed by atoms with van der Waals surface area (Å²) in [6.45, 7) is 0. The number of thioether (sulfide) groups is 1. The Morgan fingerprint density at radius 2 is 2.00 bits per heavy atom. The molecule has 0 unspecified atom stereocenters. The maximum atomic E-state index is 12.4. The second-order valence-corrected chi connectivity index (χ2v) is 5.62. The van der Waals surface area contributed by atoms with Crippen molar-refractivity contribution in [2.24, 2.45) is 0 Å². The smallest absolute Gasteiger partial charge is 0.298 e. The fourth-order valence-corrected chi connectivity index (χ4v) is 2.70. The molecule has 0 radical (unpaired) electrons. The Hall–Kier alpha value is -0.0100. The molecule has 94 valence electrons. The van der Waals surface area contributed by atoms with Gasteiger partial charge in [0.2, 0.25) is 0 Å². The van der Waals surface area contributed by atoms with Crippen LogP contribution in [-0.2, 0) is 11.2 Å². The number of Topliss-reactive ketones (excluding diaryl/α,β-unsaturated/α-hetero) is 1. The summed E-state index contributed by atoms with van der Waals surface area (Å²) in [6.07, 6.45) is -0.0108. The number of rotatable bonds is 4. The first kappa shape index (κ1) is 15.0. The lowest BCUT2D eigenvalue weighted by atomic mass is 10.1. The topological polar surface area (TPSA) is 17.1 Å². The Bertz CT molecular complexity index is 421. The molecule has 0 atom stereocenters. The van der Waals surface area contributed by atoms with Crippen molar-refractivity contribution >= 4 is 49.4 Å². The number of hydrogen-bond acceptors (Lipinski definition) is 2. The highest BCUT2D eigenvalue weighted by atomic mass is 79.9. The zero-order valence-electron chi connectivity index (χ0n) is 8.35. The minimum atomic E-state index is -4.37. The van der Waals surface area contributed by atoms with Gasteiger partial charge in [0.05, 0.1) is 5.33 Å². The number of halogens is 5. The third-order valence-corrected chi connectivity index (χ3v) is 4.27. The Balaban J connectivity index is 3.04. The number of carbonyl (C=O) groups excluding carboxylic acids is 1. The number of ketones is 1. The molecule has 0 N–H and O–H groups in total. The summed E-state index contributed by atoms with van der Waals surface area (Å²) in [7, 11) is 0. The van der Waals surface area contributed by atoms with Gasteiger partial charge in [-0.05, 0) is 39.3 Å². The van der Waals surface area contributed by atoms with Crippen LogP contribution in [0.5, 0.6) is 0 Å². The number of hydrogen-bond donors (Lipinski definition) is 0. The molecule has 0 saturated carbocycles. The van der Waals surface area contributed by atoms with Crippen LogP contribution in [0, 0.1) is 0 Å². The zero-order valence-corrected chi connectivity index (χ0v) is 12.3. The molecule has 0 saturated heterocycles. The normalized spacial score (nSPS) is 11.6. The second kappa shape index (κ2) is 6.24. The van der Waals surface area contributed by atoms with Gasteiger partial charge in [-0.15, -0.1) is 0 Å². The van der Waals surface area contributed by atoms with Gasteiger partial charge in [-0.25, -0.2) is 0 Å². The fraction of sp³-hybridized carbons (Fsp3) is 0.300. The van der Waals surface area contributed by atoms with Crippen molar-refractivity contribution in [3.63, 3.8) is 0 Å². The highest BCUT2D eigenvalue weighted by Gasteiger charge is 2.31. The molecule has 7 heteroatoms. The highest BCUT2D eigenvalue weighted by Crippen LogP contribution is 2.42. The summed E-state index contributed by atoms with van der Waals surface area (Å²) in [4.78, 5) is 11.3. The summed E-state index contributed by atoms with van der Waals surface area (Å²) in [5.41, 5.74) is -3.98. The molecule has 1 aromatic carbocycles. The third-order valence-electron chi connectivity index (χ3n) is 1.80. The number of carbonyl (C=O) groups is 1. The van der Waals surface area contributed by atoms with Crippen molar-refractivity contribution in [1.29, 1.82) is 0 Å². The monoisotopic (exact) mass is 390 g/mol. The largest absolute Gasteiger partial charge is 0.446 e. The molecule has 0 amide bonds. The lowest BCUT2D eigenvalue weighted by Gasteiger charge is -2.12. The van der Waals surface area contributed by atoms with E-state index in [0.29, 0.717) is 10.0 Å². The average Bonchev–Trinajstić information content (AvgIpc) is 2.21. The average molecular weight is 392 g/mol. The lowest BCUT2D eigenvalue weighted by molar-refractivity contribution is -0.115. The van der Waals surface area contributed by atoms with E-state index >= 15 is 0 Å². The Kier molecular flexibility index (Phi) is 5.53. The van der Waals surface area contributed by atoms with Crippen molar-refractivity contribution in [2.75, 3.05) is 5.33 Å². The maximum absolute atomic E-state index is 12.4. The molecule has 0 aliphatic carbocycles. The van der Waals surface area contributed by atoms with E-state index in [4.69, 9.17) is 0 Å². The van der Waals surface area contributed by atoms with E-state index < -0.39 is 5.51 Å².